The molecule has 1 N–H and O–H groups in total. The van der Waals surface area contributed by atoms with Crippen molar-refractivity contribution in [2.45, 2.75) is 12.8 Å². The van der Waals surface area contributed by atoms with Crippen molar-refractivity contribution in [1.82, 2.24) is 5.32 Å². The van der Waals surface area contributed by atoms with E-state index in [9.17, 15) is 9.18 Å². The van der Waals surface area contributed by atoms with Crippen molar-refractivity contribution in [2.24, 2.45) is 0 Å². The van der Waals surface area contributed by atoms with Gasteiger partial charge in [-0.1, -0.05) is 0 Å². The Kier molecular flexibility index (Phi) is 7.06. The van der Waals surface area contributed by atoms with Gasteiger partial charge in [-0.25, -0.2) is 4.39 Å². The Morgan fingerprint density at radius 3 is 2.54 bits per heavy atom. The number of hydrogen-bond acceptors (Lipinski definition) is 3. The number of rotatable bonds is 8. The lowest BCUT2D eigenvalue weighted by molar-refractivity contribution is 0.0951. The molecule has 0 spiro atoms. The van der Waals surface area contributed by atoms with Crippen LogP contribution in [0.5, 0.6) is 11.5 Å². The third-order valence-electron chi connectivity index (χ3n) is 3.36. The highest BCUT2D eigenvalue weighted by Gasteiger charge is 2.10. The Bertz CT molecular complexity index is 676. The van der Waals surface area contributed by atoms with Crippen molar-refractivity contribution >= 4 is 21.8 Å². The molecule has 6 heteroatoms. The first kappa shape index (κ1) is 18.3. The molecule has 0 unspecified atom stereocenters. The molecular formula is C18H19BrFNO3. The molecule has 0 radical (unpaired) electrons. The molecule has 2 rings (SSSR count). The van der Waals surface area contributed by atoms with Gasteiger partial charge in [-0.05, 0) is 71.2 Å². The average Bonchev–Trinajstić information content (AvgIpc) is 2.59. The molecule has 0 aliphatic carbocycles. The predicted molar refractivity (Wildman–Crippen MR) is 94.2 cm³/mol. The summed E-state index contributed by atoms with van der Waals surface area (Å²) in [6.07, 6.45) is 1.57. The van der Waals surface area contributed by atoms with E-state index in [2.05, 4.69) is 21.2 Å². The van der Waals surface area contributed by atoms with E-state index in [0.717, 1.165) is 17.3 Å². The van der Waals surface area contributed by atoms with E-state index in [1.807, 2.05) is 0 Å². The van der Waals surface area contributed by atoms with E-state index in [1.165, 1.54) is 12.1 Å². The van der Waals surface area contributed by atoms with Crippen LogP contribution in [-0.4, -0.2) is 26.2 Å². The van der Waals surface area contributed by atoms with Crippen molar-refractivity contribution in [3.8, 4) is 11.5 Å². The van der Waals surface area contributed by atoms with Gasteiger partial charge in [-0.15, -0.1) is 0 Å². The molecule has 0 heterocycles. The van der Waals surface area contributed by atoms with Gasteiger partial charge in [0.2, 0.25) is 0 Å². The van der Waals surface area contributed by atoms with E-state index in [0.29, 0.717) is 30.2 Å². The maximum absolute atomic E-state index is 12.8. The number of amides is 1. The normalized spacial score (nSPS) is 10.3. The lowest BCUT2D eigenvalue weighted by Gasteiger charge is -2.09. The summed E-state index contributed by atoms with van der Waals surface area (Å²) in [6, 6.07) is 11.2. The zero-order valence-corrected chi connectivity index (χ0v) is 14.9. The van der Waals surface area contributed by atoms with E-state index in [4.69, 9.17) is 9.47 Å². The number of benzene rings is 2. The van der Waals surface area contributed by atoms with Crippen LogP contribution in [0.2, 0.25) is 0 Å². The predicted octanol–water partition coefficient (Wildman–Crippen LogP) is 4.19. The smallest absolute Gasteiger partial charge is 0.252 e. The molecular weight excluding hydrogens is 377 g/mol. The topological polar surface area (TPSA) is 47.6 Å². The molecule has 0 saturated heterocycles. The van der Waals surface area contributed by atoms with E-state index >= 15 is 0 Å². The Balaban J connectivity index is 1.68. The molecule has 24 heavy (non-hydrogen) atoms. The second-order valence-corrected chi connectivity index (χ2v) is 5.97. The molecule has 0 bridgehead atoms. The van der Waals surface area contributed by atoms with Crippen LogP contribution in [0.25, 0.3) is 0 Å². The summed E-state index contributed by atoms with van der Waals surface area (Å²) in [4.78, 5) is 12.2. The third kappa shape index (κ3) is 5.53. The van der Waals surface area contributed by atoms with Crippen molar-refractivity contribution in [1.29, 1.82) is 0 Å². The Labute approximate surface area is 149 Å². The van der Waals surface area contributed by atoms with Crippen LogP contribution in [0.3, 0.4) is 0 Å². The fourth-order valence-corrected chi connectivity index (χ4v) is 2.48. The summed E-state index contributed by atoms with van der Waals surface area (Å²) >= 11 is 3.36. The second-order valence-electron chi connectivity index (χ2n) is 5.11. The first-order valence-electron chi connectivity index (χ1n) is 7.60. The summed E-state index contributed by atoms with van der Waals surface area (Å²) in [5, 5.41) is 2.87. The van der Waals surface area contributed by atoms with Gasteiger partial charge in [0.15, 0.2) is 0 Å². The first-order chi connectivity index (χ1) is 11.6. The van der Waals surface area contributed by atoms with Crippen molar-refractivity contribution < 1.29 is 18.7 Å². The number of hydrogen-bond donors (Lipinski definition) is 1. The summed E-state index contributed by atoms with van der Waals surface area (Å²) in [5.41, 5.74) is 0.539. The number of nitrogens with one attached hydrogen (secondary N) is 1. The highest BCUT2D eigenvalue weighted by atomic mass is 79.9. The number of ether oxygens (including phenoxy) is 2. The molecule has 0 fully saturated rings. The van der Waals surface area contributed by atoms with Gasteiger partial charge in [-0.3, -0.25) is 4.79 Å². The van der Waals surface area contributed by atoms with E-state index in [-0.39, 0.29) is 11.7 Å². The number of halogens is 2. The minimum atomic E-state index is -0.284. The second kappa shape index (κ2) is 9.27. The minimum absolute atomic E-state index is 0.153. The maximum Gasteiger partial charge on any atom is 0.252 e. The van der Waals surface area contributed by atoms with Crippen LogP contribution in [0.1, 0.15) is 23.2 Å². The van der Waals surface area contributed by atoms with Crippen molar-refractivity contribution in [2.75, 3.05) is 20.3 Å². The van der Waals surface area contributed by atoms with Crippen LogP contribution >= 0.6 is 15.9 Å². The molecule has 0 aromatic heterocycles. The summed E-state index contributed by atoms with van der Waals surface area (Å²) in [7, 11) is 1.56. The molecule has 128 valence electrons. The van der Waals surface area contributed by atoms with Crippen LogP contribution in [0.4, 0.5) is 4.39 Å². The summed E-state index contributed by atoms with van der Waals surface area (Å²) < 4.78 is 24.1. The monoisotopic (exact) mass is 395 g/mol. The zero-order valence-electron chi connectivity index (χ0n) is 13.4. The Morgan fingerprint density at radius 1 is 1.12 bits per heavy atom. The van der Waals surface area contributed by atoms with Gasteiger partial charge in [-0.2, -0.15) is 0 Å². The van der Waals surface area contributed by atoms with E-state index in [1.54, 1.807) is 37.4 Å². The Morgan fingerprint density at radius 2 is 1.83 bits per heavy atom. The highest BCUT2D eigenvalue weighted by molar-refractivity contribution is 9.10. The largest absolute Gasteiger partial charge is 0.497 e. The quantitative estimate of drug-likeness (QED) is 0.681. The first-order valence-corrected chi connectivity index (χ1v) is 8.39. The van der Waals surface area contributed by atoms with Crippen LogP contribution in [-0.2, 0) is 0 Å². The standard InChI is InChI=1S/C18H19BrFNO3/c1-23-15-8-9-17(19)16(12-15)18(22)21-10-2-3-11-24-14-6-4-13(20)5-7-14/h4-9,12H,2-3,10-11H2,1H3,(H,21,22). The van der Waals surface area contributed by atoms with Gasteiger partial charge >= 0.3 is 0 Å². The van der Waals surface area contributed by atoms with Gasteiger partial charge in [0.1, 0.15) is 17.3 Å². The lowest BCUT2D eigenvalue weighted by Crippen LogP contribution is -2.25. The van der Waals surface area contributed by atoms with Crippen molar-refractivity contribution in [3.05, 3.63) is 58.3 Å². The van der Waals surface area contributed by atoms with Gasteiger partial charge in [0.05, 0.1) is 19.3 Å². The molecule has 0 atom stereocenters. The van der Waals surface area contributed by atoms with Crippen LogP contribution in [0, 0.1) is 5.82 Å². The molecule has 4 nitrogen and oxygen atoms in total. The zero-order chi connectivity index (χ0) is 17.4. The molecule has 2 aromatic carbocycles. The van der Waals surface area contributed by atoms with Crippen LogP contribution < -0.4 is 14.8 Å². The van der Waals surface area contributed by atoms with Gasteiger partial charge in [0, 0.05) is 11.0 Å². The number of methoxy groups -OCH3 is 1. The number of unbranched alkanes of at least 4 members (excludes halogenated alkanes) is 1. The lowest BCUT2D eigenvalue weighted by atomic mass is 10.2. The molecule has 0 saturated carbocycles. The maximum atomic E-state index is 12.8. The number of carbonyl (C=O) groups is 1. The Hall–Kier alpha value is -2.08. The fraction of sp³-hybridized carbons (Fsp3) is 0.278. The molecule has 2 aromatic rings. The minimum Gasteiger partial charge on any atom is -0.497 e. The molecule has 1 amide bonds. The van der Waals surface area contributed by atoms with Gasteiger partial charge < -0.3 is 14.8 Å². The molecule has 0 aliphatic rings. The summed E-state index contributed by atoms with van der Waals surface area (Å²) in [5.74, 6) is 0.839. The summed E-state index contributed by atoms with van der Waals surface area (Å²) in [6.45, 7) is 1.07. The van der Waals surface area contributed by atoms with Crippen LogP contribution in [0.15, 0.2) is 46.9 Å². The van der Waals surface area contributed by atoms with Crippen molar-refractivity contribution in [3.63, 3.8) is 0 Å². The average molecular weight is 396 g/mol. The highest BCUT2D eigenvalue weighted by Crippen LogP contribution is 2.22. The third-order valence-corrected chi connectivity index (χ3v) is 4.05. The molecule has 0 aliphatic heterocycles. The number of carbonyl (C=O) groups excluding carboxylic acids is 1. The van der Waals surface area contributed by atoms with Gasteiger partial charge in [0.25, 0.3) is 5.91 Å². The SMILES string of the molecule is COc1ccc(Br)c(C(=O)NCCCCOc2ccc(F)cc2)c1. The van der Waals surface area contributed by atoms with E-state index < -0.39 is 0 Å². The fourth-order valence-electron chi connectivity index (χ4n) is 2.05.